The maximum Gasteiger partial charge on any atom is 0.191 e. The lowest BCUT2D eigenvalue weighted by Crippen LogP contribution is -2.39. The predicted octanol–water partition coefficient (Wildman–Crippen LogP) is 2.83. The molecule has 1 atom stereocenters. The molecule has 0 spiro atoms. The third-order valence-corrected chi connectivity index (χ3v) is 2.95. The summed E-state index contributed by atoms with van der Waals surface area (Å²) in [5.41, 5.74) is 0.647. The first-order valence-corrected chi connectivity index (χ1v) is 6.84. The van der Waals surface area contributed by atoms with Gasteiger partial charge in [0, 0.05) is 36.6 Å². The molecule has 3 N–H and O–H groups in total. The van der Waals surface area contributed by atoms with E-state index >= 15 is 0 Å². The molecule has 4 nitrogen and oxygen atoms in total. The van der Waals surface area contributed by atoms with Gasteiger partial charge in [-0.2, -0.15) is 0 Å². The number of terminal acetylenes is 1. The number of aliphatic hydroxyl groups excluding tert-OH is 1. The van der Waals surface area contributed by atoms with E-state index in [1.54, 1.807) is 25.2 Å². The van der Waals surface area contributed by atoms with Crippen LogP contribution in [0.1, 0.15) is 18.1 Å². The molecule has 1 aromatic rings. The minimum absolute atomic E-state index is 0. The largest absolute Gasteiger partial charge is 0.387 e. The second-order valence-electron chi connectivity index (χ2n) is 4.05. The number of halogens is 3. The van der Waals surface area contributed by atoms with Crippen LogP contribution in [-0.4, -0.2) is 31.2 Å². The molecule has 0 aliphatic heterocycles. The average Bonchev–Trinajstić information content (AvgIpc) is 2.41. The van der Waals surface area contributed by atoms with E-state index in [0.717, 1.165) is 0 Å². The Balaban J connectivity index is 0.00000400. The van der Waals surface area contributed by atoms with Gasteiger partial charge in [0.2, 0.25) is 0 Å². The van der Waals surface area contributed by atoms with E-state index in [2.05, 4.69) is 21.5 Å². The Morgan fingerprint density at radius 3 is 2.48 bits per heavy atom. The first-order valence-electron chi connectivity index (χ1n) is 6.09. The van der Waals surface area contributed by atoms with Gasteiger partial charge in [0.1, 0.15) is 0 Å². The third kappa shape index (κ3) is 7.77. The van der Waals surface area contributed by atoms with Crippen LogP contribution in [0.5, 0.6) is 0 Å². The number of aliphatic hydroxyl groups is 1. The summed E-state index contributed by atoms with van der Waals surface area (Å²) in [4.78, 5) is 4.02. The van der Waals surface area contributed by atoms with Gasteiger partial charge < -0.3 is 15.7 Å². The molecule has 0 aromatic heterocycles. The zero-order valence-electron chi connectivity index (χ0n) is 11.6. The molecule has 116 valence electrons. The molecule has 1 unspecified atom stereocenters. The van der Waals surface area contributed by atoms with Gasteiger partial charge in [0.15, 0.2) is 5.96 Å². The fourth-order valence-electron chi connectivity index (χ4n) is 1.55. The number of guanidine groups is 1. The Hall–Kier alpha value is -0.680. The highest BCUT2D eigenvalue weighted by atomic mass is 127. The number of hydrogen-bond donors (Lipinski definition) is 3. The van der Waals surface area contributed by atoms with Crippen molar-refractivity contribution >= 4 is 53.1 Å². The third-order valence-electron chi connectivity index (χ3n) is 2.52. The molecule has 0 aliphatic rings. The maximum absolute atomic E-state index is 10.1. The standard InChI is InChI=1S/C14H17Cl2N3O.HI/c1-3-4-5-18-14(17-2)19-9-13(20)10-6-11(15)8-12(16)7-10;/h1,6-8,13,20H,4-5,9H2,2H3,(H2,17,18,19);1H. The Bertz CT molecular complexity index is 497. The van der Waals surface area contributed by atoms with Crippen molar-refractivity contribution in [1.82, 2.24) is 10.6 Å². The number of hydrogen-bond acceptors (Lipinski definition) is 2. The van der Waals surface area contributed by atoms with Gasteiger partial charge in [-0.25, -0.2) is 0 Å². The summed E-state index contributed by atoms with van der Waals surface area (Å²) in [7, 11) is 1.65. The number of rotatable bonds is 5. The van der Waals surface area contributed by atoms with Crippen LogP contribution in [0.3, 0.4) is 0 Å². The number of aliphatic imine (C=N–C) groups is 1. The van der Waals surface area contributed by atoms with E-state index in [1.165, 1.54) is 0 Å². The average molecular weight is 442 g/mol. The molecular weight excluding hydrogens is 424 g/mol. The molecule has 1 rings (SSSR count). The molecule has 21 heavy (non-hydrogen) atoms. The first kappa shape index (κ1) is 20.3. The molecule has 0 amide bonds. The van der Waals surface area contributed by atoms with E-state index in [9.17, 15) is 5.11 Å². The van der Waals surface area contributed by atoms with Crippen LogP contribution in [0, 0.1) is 12.3 Å². The summed E-state index contributed by atoms with van der Waals surface area (Å²) in [5.74, 6) is 3.10. The van der Waals surface area contributed by atoms with E-state index in [4.69, 9.17) is 29.6 Å². The van der Waals surface area contributed by atoms with Crippen LogP contribution in [-0.2, 0) is 0 Å². The van der Waals surface area contributed by atoms with Gasteiger partial charge in [0.05, 0.1) is 6.10 Å². The van der Waals surface area contributed by atoms with Crippen molar-refractivity contribution in [3.05, 3.63) is 33.8 Å². The van der Waals surface area contributed by atoms with Crippen LogP contribution >= 0.6 is 47.2 Å². The second-order valence-corrected chi connectivity index (χ2v) is 4.93. The Labute approximate surface area is 152 Å². The smallest absolute Gasteiger partial charge is 0.191 e. The minimum atomic E-state index is -0.739. The van der Waals surface area contributed by atoms with Crippen LogP contribution in [0.15, 0.2) is 23.2 Å². The van der Waals surface area contributed by atoms with Crippen LogP contribution in [0.2, 0.25) is 10.0 Å². The molecule has 0 heterocycles. The van der Waals surface area contributed by atoms with Gasteiger partial charge in [-0.15, -0.1) is 36.3 Å². The minimum Gasteiger partial charge on any atom is -0.387 e. The quantitative estimate of drug-likeness (QED) is 0.216. The monoisotopic (exact) mass is 441 g/mol. The van der Waals surface area contributed by atoms with Gasteiger partial charge in [0.25, 0.3) is 0 Å². The van der Waals surface area contributed by atoms with Crippen molar-refractivity contribution in [3.63, 3.8) is 0 Å². The first-order chi connectivity index (χ1) is 9.56. The lowest BCUT2D eigenvalue weighted by atomic mass is 10.1. The Morgan fingerprint density at radius 2 is 1.95 bits per heavy atom. The van der Waals surface area contributed by atoms with Gasteiger partial charge in [-0.1, -0.05) is 23.2 Å². The highest BCUT2D eigenvalue weighted by Gasteiger charge is 2.10. The predicted molar refractivity (Wildman–Crippen MR) is 99.7 cm³/mol. The van der Waals surface area contributed by atoms with Crippen LogP contribution < -0.4 is 10.6 Å². The van der Waals surface area contributed by atoms with Crippen molar-refractivity contribution in [2.24, 2.45) is 4.99 Å². The zero-order valence-corrected chi connectivity index (χ0v) is 15.4. The number of benzene rings is 1. The lowest BCUT2D eigenvalue weighted by Gasteiger charge is -2.15. The van der Waals surface area contributed by atoms with Gasteiger partial charge in [-0.05, 0) is 23.8 Å². The number of nitrogens with zero attached hydrogens (tertiary/aromatic N) is 1. The summed E-state index contributed by atoms with van der Waals surface area (Å²) < 4.78 is 0. The molecule has 7 heteroatoms. The van der Waals surface area contributed by atoms with Crippen molar-refractivity contribution < 1.29 is 5.11 Å². The summed E-state index contributed by atoms with van der Waals surface area (Å²) in [6.07, 6.45) is 5.03. The number of nitrogens with one attached hydrogen (secondary N) is 2. The summed E-state index contributed by atoms with van der Waals surface area (Å²) in [5, 5.41) is 17.1. The summed E-state index contributed by atoms with van der Waals surface area (Å²) in [6.45, 7) is 0.904. The molecule has 0 fully saturated rings. The molecule has 0 saturated heterocycles. The van der Waals surface area contributed by atoms with Crippen LogP contribution in [0.4, 0.5) is 0 Å². The van der Waals surface area contributed by atoms with E-state index in [-0.39, 0.29) is 30.5 Å². The van der Waals surface area contributed by atoms with E-state index in [0.29, 0.717) is 34.5 Å². The van der Waals surface area contributed by atoms with Gasteiger partial charge >= 0.3 is 0 Å². The van der Waals surface area contributed by atoms with Crippen molar-refractivity contribution in [3.8, 4) is 12.3 Å². The highest BCUT2D eigenvalue weighted by molar-refractivity contribution is 14.0. The van der Waals surface area contributed by atoms with Crippen LogP contribution in [0.25, 0.3) is 0 Å². The summed E-state index contributed by atoms with van der Waals surface area (Å²) >= 11 is 11.8. The van der Waals surface area contributed by atoms with Gasteiger partial charge in [-0.3, -0.25) is 4.99 Å². The molecule has 0 saturated carbocycles. The zero-order chi connectivity index (χ0) is 15.0. The summed E-state index contributed by atoms with van der Waals surface area (Å²) in [6, 6.07) is 4.97. The molecule has 0 bridgehead atoms. The SMILES string of the molecule is C#CCCNC(=NC)NCC(O)c1cc(Cl)cc(Cl)c1.I. The lowest BCUT2D eigenvalue weighted by molar-refractivity contribution is 0.181. The molecular formula is C14H18Cl2IN3O. The highest BCUT2D eigenvalue weighted by Crippen LogP contribution is 2.23. The van der Waals surface area contributed by atoms with Crippen molar-refractivity contribution in [1.29, 1.82) is 0 Å². The maximum atomic E-state index is 10.1. The Kier molecular flexibility index (Phi) is 10.6. The second kappa shape index (κ2) is 11.0. The normalized spacial score (nSPS) is 12.0. The molecule has 1 aromatic carbocycles. The topological polar surface area (TPSA) is 56.7 Å². The van der Waals surface area contributed by atoms with Crippen molar-refractivity contribution in [2.45, 2.75) is 12.5 Å². The molecule has 0 radical (unpaired) electrons. The fraction of sp³-hybridized carbons (Fsp3) is 0.357. The van der Waals surface area contributed by atoms with Crippen molar-refractivity contribution in [2.75, 3.05) is 20.1 Å². The van der Waals surface area contributed by atoms with E-state index in [1.807, 2.05) is 0 Å². The molecule has 0 aliphatic carbocycles. The Morgan fingerprint density at radius 1 is 1.33 bits per heavy atom. The fourth-order valence-corrected chi connectivity index (χ4v) is 2.10. The van der Waals surface area contributed by atoms with E-state index < -0.39 is 6.10 Å².